The van der Waals surface area contributed by atoms with Crippen molar-refractivity contribution >= 4 is 17.5 Å². The van der Waals surface area contributed by atoms with E-state index in [9.17, 15) is 9.59 Å². The van der Waals surface area contributed by atoms with Crippen LogP contribution in [0.15, 0.2) is 48.5 Å². The first-order chi connectivity index (χ1) is 11.1. The molecule has 0 saturated carbocycles. The van der Waals surface area contributed by atoms with E-state index >= 15 is 0 Å². The van der Waals surface area contributed by atoms with Crippen LogP contribution in [-0.4, -0.2) is 23.8 Å². The minimum Gasteiger partial charge on any atom is -0.341 e. The predicted molar refractivity (Wildman–Crippen MR) is 90.1 cm³/mol. The largest absolute Gasteiger partial charge is 0.341 e. The summed E-state index contributed by atoms with van der Waals surface area (Å²) >= 11 is 0. The number of likely N-dealkylation sites (N-methyl/N-ethyl adjacent to an activating group) is 1. The van der Waals surface area contributed by atoms with Gasteiger partial charge in [-0.2, -0.15) is 0 Å². The van der Waals surface area contributed by atoms with Gasteiger partial charge in [0.25, 0.3) is 0 Å². The lowest BCUT2D eigenvalue weighted by Crippen LogP contribution is -2.36. The van der Waals surface area contributed by atoms with Gasteiger partial charge in [0.05, 0.1) is 5.92 Å². The molecule has 118 valence electrons. The minimum absolute atomic E-state index is 0.0180. The molecule has 3 rings (SSSR count). The van der Waals surface area contributed by atoms with Crippen LogP contribution in [0, 0.1) is 6.92 Å². The predicted octanol–water partition coefficient (Wildman–Crippen LogP) is 3.08. The zero-order chi connectivity index (χ0) is 16.4. The highest BCUT2D eigenvalue weighted by Gasteiger charge is 2.32. The molecule has 2 aromatic rings. The van der Waals surface area contributed by atoms with Crippen molar-refractivity contribution in [1.29, 1.82) is 0 Å². The quantitative estimate of drug-likeness (QED) is 0.947. The standard InChI is InChI=1S/C19H20N2O2/c1-13-7-3-4-8-14(13)12-21(2)19(23)16-11-18(22)20-17-10-6-5-9-15(16)17/h3-10,16H,11-12H2,1-2H3,(H,20,22). The van der Waals surface area contributed by atoms with Crippen LogP contribution in [0.4, 0.5) is 5.69 Å². The lowest BCUT2D eigenvalue weighted by Gasteiger charge is -2.29. The van der Waals surface area contributed by atoms with E-state index in [1.54, 1.807) is 11.9 Å². The van der Waals surface area contributed by atoms with Crippen LogP contribution in [0.3, 0.4) is 0 Å². The molecule has 4 heteroatoms. The van der Waals surface area contributed by atoms with E-state index in [0.29, 0.717) is 6.54 Å². The summed E-state index contributed by atoms with van der Waals surface area (Å²) in [5.74, 6) is -0.532. The monoisotopic (exact) mass is 308 g/mol. The number of hydrogen-bond acceptors (Lipinski definition) is 2. The molecule has 0 radical (unpaired) electrons. The minimum atomic E-state index is -0.408. The molecule has 1 heterocycles. The van der Waals surface area contributed by atoms with Crippen LogP contribution >= 0.6 is 0 Å². The van der Waals surface area contributed by atoms with E-state index in [4.69, 9.17) is 0 Å². The Labute approximate surface area is 136 Å². The van der Waals surface area contributed by atoms with E-state index in [0.717, 1.165) is 22.4 Å². The number of carbonyl (C=O) groups is 2. The highest BCUT2D eigenvalue weighted by atomic mass is 16.2. The normalized spacial score (nSPS) is 16.4. The second-order valence-electron chi connectivity index (χ2n) is 6.01. The second kappa shape index (κ2) is 6.24. The number of para-hydroxylation sites is 1. The number of carbonyl (C=O) groups excluding carboxylic acids is 2. The average molecular weight is 308 g/mol. The molecule has 1 aliphatic heterocycles. The molecule has 0 aromatic heterocycles. The van der Waals surface area contributed by atoms with E-state index in [1.807, 2.05) is 55.5 Å². The summed E-state index contributed by atoms with van der Waals surface area (Å²) in [4.78, 5) is 26.5. The number of rotatable bonds is 3. The third kappa shape index (κ3) is 3.11. The molecule has 0 fully saturated rings. The molecule has 4 nitrogen and oxygen atoms in total. The van der Waals surface area contributed by atoms with Gasteiger partial charge >= 0.3 is 0 Å². The Bertz CT molecular complexity index is 755. The van der Waals surface area contributed by atoms with Gasteiger partial charge in [-0.15, -0.1) is 0 Å². The lowest BCUT2D eigenvalue weighted by atomic mass is 9.89. The van der Waals surface area contributed by atoms with Crippen LogP contribution in [0.5, 0.6) is 0 Å². The highest BCUT2D eigenvalue weighted by molar-refractivity contribution is 6.01. The van der Waals surface area contributed by atoms with Crippen molar-refractivity contribution in [2.24, 2.45) is 0 Å². The van der Waals surface area contributed by atoms with Gasteiger partial charge in [0.1, 0.15) is 0 Å². The summed E-state index contributed by atoms with van der Waals surface area (Å²) in [6.07, 6.45) is 0.202. The van der Waals surface area contributed by atoms with Crippen molar-refractivity contribution in [2.45, 2.75) is 25.8 Å². The van der Waals surface area contributed by atoms with Crippen LogP contribution < -0.4 is 5.32 Å². The summed E-state index contributed by atoms with van der Waals surface area (Å²) in [5, 5.41) is 2.83. The molecule has 1 unspecified atom stereocenters. The molecule has 0 spiro atoms. The first kappa shape index (κ1) is 15.3. The van der Waals surface area contributed by atoms with Crippen molar-refractivity contribution in [3.8, 4) is 0 Å². The third-order valence-corrected chi connectivity index (χ3v) is 4.34. The molecule has 2 amide bonds. The summed E-state index contributed by atoms with van der Waals surface area (Å²) in [6.45, 7) is 2.59. The zero-order valence-electron chi connectivity index (χ0n) is 13.4. The fraction of sp³-hybridized carbons (Fsp3) is 0.263. The van der Waals surface area contributed by atoms with Crippen molar-refractivity contribution in [3.05, 3.63) is 65.2 Å². The van der Waals surface area contributed by atoms with E-state index in [1.165, 1.54) is 0 Å². The number of hydrogen-bond donors (Lipinski definition) is 1. The first-order valence-electron chi connectivity index (χ1n) is 7.74. The van der Waals surface area contributed by atoms with Crippen molar-refractivity contribution < 1.29 is 9.59 Å². The third-order valence-electron chi connectivity index (χ3n) is 4.34. The van der Waals surface area contributed by atoms with E-state index in [2.05, 4.69) is 5.32 Å². The number of aryl methyl sites for hydroxylation is 1. The molecule has 1 atom stereocenters. The topological polar surface area (TPSA) is 49.4 Å². The van der Waals surface area contributed by atoms with E-state index < -0.39 is 5.92 Å². The Morgan fingerprint density at radius 3 is 2.65 bits per heavy atom. The van der Waals surface area contributed by atoms with Gasteiger partial charge in [0.15, 0.2) is 0 Å². The Hall–Kier alpha value is -2.62. The molecule has 23 heavy (non-hydrogen) atoms. The maximum atomic E-state index is 12.9. The summed E-state index contributed by atoms with van der Waals surface area (Å²) < 4.78 is 0. The smallest absolute Gasteiger partial charge is 0.230 e. The van der Waals surface area contributed by atoms with Crippen molar-refractivity contribution in [3.63, 3.8) is 0 Å². The van der Waals surface area contributed by atoms with Gasteiger partial charge < -0.3 is 10.2 Å². The molecular formula is C19H20N2O2. The Kier molecular flexibility index (Phi) is 4.15. The maximum absolute atomic E-state index is 12.9. The molecular weight excluding hydrogens is 288 g/mol. The van der Waals surface area contributed by atoms with Gasteiger partial charge in [-0.05, 0) is 29.7 Å². The number of nitrogens with zero attached hydrogens (tertiary/aromatic N) is 1. The number of fused-ring (bicyclic) bond motifs is 1. The summed E-state index contributed by atoms with van der Waals surface area (Å²) in [7, 11) is 1.80. The first-order valence-corrected chi connectivity index (χ1v) is 7.74. The number of nitrogens with one attached hydrogen (secondary N) is 1. The average Bonchev–Trinajstić information content (AvgIpc) is 2.55. The SMILES string of the molecule is Cc1ccccc1CN(C)C(=O)C1CC(=O)Nc2ccccc21. The number of benzene rings is 2. The molecule has 2 aromatic carbocycles. The molecule has 1 aliphatic rings. The van der Waals surface area contributed by atoms with Crippen LogP contribution in [-0.2, 0) is 16.1 Å². The van der Waals surface area contributed by atoms with Gasteiger partial charge in [0, 0.05) is 25.7 Å². The van der Waals surface area contributed by atoms with E-state index in [-0.39, 0.29) is 18.2 Å². The molecule has 0 aliphatic carbocycles. The Morgan fingerprint density at radius 1 is 1.17 bits per heavy atom. The molecule has 0 bridgehead atoms. The lowest BCUT2D eigenvalue weighted by molar-refractivity contribution is -0.134. The Morgan fingerprint density at radius 2 is 1.87 bits per heavy atom. The van der Waals surface area contributed by atoms with Crippen LogP contribution in [0.2, 0.25) is 0 Å². The summed E-state index contributed by atoms with van der Waals surface area (Å²) in [6, 6.07) is 15.6. The van der Waals surface area contributed by atoms with Crippen LogP contribution in [0.1, 0.15) is 29.0 Å². The Balaban J connectivity index is 1.83. The number of amides is 2. The highest BCUT2D eigenvalue weighted by Crippen LogP contribution is 2.33. The summed E-state index contributed by atoms with van der Waals surface area (Å²) in [5.41, 5.74) is 3.92. The van der Waals surface area contributed by atoms with Gasteiger partial charge in [0.2, 0.25) is 11.8 Å². The molecule has 1 N–H and O–H groups in total. The maximum Gasteiger partial charge on any atom is 0.230 e. The fourth-order valence-electron chi connectivity index (χ4n) is 3.02. The van der Waals surface area contributed by atoms with Crippen molar-refractivity contribution in [1.82, 2.24) is 4.90 Å². The van der Waals surface area contributed by atoms with Gasteiger partial charge in [-0.25, -0.2) is 0 Å². The second-order valence-corrected chi connectivity index (χ2v) is 6.01. The van der Waals surface area contributed by atoms with Gasteiger partial charge in [-0.3, -0.25) is 9.59 Å². The molecule has 0 saturated heterocycles. The van der Waals surface area contributed by atoms with Gasteiger partial charge in [-0.1, -0.05) is 42.5 Å². The van der Waals surface area contributed by atoms with Crippen molar-refractivity contribution in [2.75, 3.05) is 12.4 Å². The fourth-order valence-corrected chi connectivity index (χ4v) is 3.02. The number of anilines is 1. The van der Waals surface area contributed by atoms with Crippen LogP contribution in [0.25, 0.3) is 0 Å². The zero-order valence-corrected chi connectivity index (χ0v) is 13.4.